The zero-order valence-electron chi connectivity index (χ0n) is 50.2. The summed E-state index contributed by atoms with van der Waals surface area (Å²) in [6.45, 7) is 6.37. The zero-order chi connectivity index (χ0) is 55.7. The molecule has 438 valence electrons. The molecule has 0 aliphatic carbocycles. The van der Waals surface area contributed by atoms with Gasteiger partial charge in [-0.05, 0) is 96.3 Å². The molecular formula is C71H118O6. The van der Waals surface area contributed by atoms with Crippen molar-refractivity contribution in [3.8, 4) is 0 Å². The summed E-state index contributed by atoms with van der Waals surface area (Å²) in [6, 6.07) is 0. The average Bonchev–Trinajstić information content (AvgIpc) is 3.43. The van der Waals surface area contributed by atoms with Crippen LogP contribution in [0.25, 0.3) is 0 Å². The molecule has 0 N–H and O–H groups in total. The molecule has 6 heteroatoms. The van der Waals surface area contributed by atoms with E-state index in [9.17, 15) is 14.4 Å². The maximum Gasteiger partial charge on any atom is 0.306 e. The number of rotatable bonds is 57. The molecule has 0 rings (SSSR count). The van der Waals surface area contributed by atoms with Gasteiger partial charge in [0, 0.05) is 19.3 Å². The molecule has 0 spiro atoms. The van der Waals surface area contributed by atoms with Gasteiger partial charge in [-0.1, -0.05) is 296 Å². The smallest absolute Gasteiger partial charge is 0.306 e. The van der Waals surface area contributed by atoms with Crippen molar-refractivity contribution in [1.82, 2.24) is 0 Å². The van der Waals surface area contributed by atoms with Crippen LogP contribution < -0.4 is 0 Å². The van der Waals surface area contributed by atoms with Crippen LogP contribution in [-0.2, 0) is 28.6 Å². The Hall–Kier alpha value is -4.19. The second kappa shape index (κ2) is 64.3. The number of unbranched alkanes of at least 4 members (excludes halogenated alkanes) is 26. The molecule has 0 aliphatic heterocycles. The fourth-order valence-corrected chi connectivity index (χ4v) is 8.76. The molecular weight excluding hydrogens is 949 g/mol. The molecule has 0 saturated heterocycles. The highest BCUT2D eigenvalue weighted by Gasteiger charge is 2.19. The van der Waals surface area contributed by atoms with Gasteiger partial charge >= 0.3 is 17.9 Å². The van der Waals surface area contributed by atoms with Gasteiger partial charge in [-0.15, -0.1) is 0 Å². The van der Waals surface area contributed by atoms with E-state index in [0.717, 1.165) is 116 Å². The molecule has 0 aromatic rings. The molecule has 0 saturated carbocycles. The molecule has 0 aromatic heterocycles. The van der Waals surface area contributed by atoms with Crippen LogP contribution in [0.15, 0.2) is 122 Å². The number of allylic oxidation sites excluding steroid dienone is 20. The predicted octanol–water partition coefficient (Wildman–Crippen LogP) is 22.0. The van der Waals surface area contributed by atoms with Crippen molar-refractivity contribution in [2.75, 3.05) is 13.2 Å². The normalized spacial score (nSPS) is 12.9. The van der Waals surface area contributed by atoms with Crippen LogP contribution in [0.3, 0.4) is 0 Å². The number of hydrogen-bond acceptors (Lipinski definition) is 6. The van der Waals surface area contributed by atoms with E-state index in [0.29, 0.717) is 19.3 Å². The highest BCUT2D eigenvalue weighted by molar-refractivity contribution is 5.71. The van der Waals surface area contributed by atoms with Crippen LogP contribution in [0, 0.1) is 0 Å². The summed E-state index contributed by atoms with van der Waals surface area (Å²) in [5, 5.41) is 0. The van der Waals surface area contributed by atoms with Crippen LogP contribution in [-0.4, -0.2) is 37.2 Å². The summed E-state index contributed by atoms with van der Waals surface area (Å²) in [5.74, 6) is -1.01. The van der Waals surface area contributed by atoms with Crippen LogP contribution in [0.2, 0.25) is 0 Å². The highest BCUT2D eigenvalue weighted by atomic mass is 16.6. The Morgan fingerprint density at radius 2 is 0.532 bits per heavy atom. The van der Waals surface area contributed by atoms with Gasteiger partial charge in [0.2, 0.25) is 0 Å². The van der Waals surface area contributed by atoms with E-state index >= 15 is 0 Å². The monoisotopic (exact) mass is 1070 g/mol. The molecule has 0 bridgehead atoms. The van der Waals surface area contributed by atoms with Crippen molar-refractivity contribution in [3.05, 3.63) is 122 Å². The Balaban J connectivity index is 4.49. The first kappa shape index (κ1) is 72.8. The lowest BCUT2D eigenvalue weighted by atomic mass is 10.0. The average molecular weight is 1070 g/mol. The summed E-state index contributed by atoms with van der Waals surface area (Å²) in [7, 11) is 0. The van der Waals surface area contributed by atoms with Gasteiger partial charge in [0.1, 0.15) is 13.2 Å². The topological polar surface area (TPSA) is 78.9 Å². The Bertz CT molecular complexity index is 1600. The number of ether oxygens (including phenoxy) is 3. The molecule has 0 aliphatic rings. The van der Waals surface area contributed by atoms with Crippen molar-refractivity contribution in [2.24, 2.45) is 0 Å². The summed E-state index contributed by atoms with van der Waals surface area (Å²) in [6.07, 6.45) is 89.3. The first-order valence-electron chi connectivity index (χ1n) is 32.0. The maximum absolute atomic E-state index is 12.9. The summed E-state index contributed by atoms with van der Waals surface area (Å²) in [5.41, 5.74) is 0. The molecule has 1 unspecified atom stereocenters. The maximum atomic E-state index is 12.9. The third-order valence-electron chi connectivity index (χ3n) is 13.5. The second-order valence-electron chi connectivity index (χ2n) is 20.9. The van der Waals surface area contributed by atoms with Crippen LogP contribution in [0.4, 0.5) is 0 Å². The first-order chi connectivity index (χ1) is 38.0. The van der Waals surface area contributed by atoms with E-state index in [2.05, 4.69) is 136 Å². The van der Waals surface area contributed by atoms with Gasteiger partial charge < -0.3 is 14.2 Å². The second-order valence-corrected chi connectivity index (χ2v) is 20.9. The van der Waals surface area contributed by atoms with E-state index < -0.39 is 12.1 Å². The van der Waals surface area contributed by atoms with Crippen LogP contribution >= 0.6 is 0 Å². The van der Waals surface area contributed by atoms with Crippen molar-refractivity contribution >= 4 is 17.9 Å². The van der Waals surface area contributed by atoms with Crippen molar-refractivity contribution in [1.29, 1.82) is 0 Å². The lowest BCUT2D eigenvalue weighted by Crippen LogP contribution is -2.30. The van der Waals surface area contributed by atoms with E-state index in [4.69, 9.17) is 14.2 Å². The van der Waals surface area contributed by atoms with Crippen LogP contribution in [0.1, 0.15) is 290 Å². The molecule has 0 amide bonds. The fraction of sp³-hybridized carbons (Fsp3) is 0.676. The number of carbonyl (C=O) groups is 3. The van der Waals surface area contributed by atoms with Gasteiger partial charge in [0.05, 0.1) is 0 Å². The van der Waals surface area contributed by atoms with Gasteiger partial charge in [0.25, 0.3) is 0 Å². The quantitative estimate of drug-likeness (QED) is 0.0261. The Morgan fingerprint density at radius 3 is 0.844 bits per heavy atom. The SMILES string of the molecule is CC/C=C\C/C=C\C/C=C\C/C=C\C/C=C\C/C=C\CCC(=O)OC(COC(=O)CCCCCCCC/C=C\C/C=C\C/C=C\C/C=C\CC)COC(=O)CCCCCCCCCCCCCCCCCCCCCCC. The van der Waals surface area contributed by atoms with E-state index in [-0.39, 0.29) is 31.6 Å². The van der Waals surface area contributed by atoms with Crippen molar-refractivity contribution in [2.45, 2.75) is 297 Å². The van der Waals surface area contributed by atoms with E-state index in [1.54, 1.807) is 0 Å². The molecule has 77 heavy (non-hydrogen) atoms. The minimum absolute atomic E-state index is 0.113. The third kappa shape index (κ3) is 62.5. The standard InChI is InChI=1S/C71H118O6/c1-4-7-10-13-16-19-22-25-28-31-34-35-38-40-43-46-49-52-55-58-61-64-70(73)76-67-68(77-71(74)65-62-59-56-53-50-47-44-41-37-33-30-27-24-21-18-15-12-9-6-3)66-75-69(72)63-60-57-54-51-48-45-42-39-36-32-29-26-23-20-17-14-11-8-5-2/h8-9,11-12,17-18,20-21,26-27,29-30,36-37,39,41,47,50,56,59,68H,4-7,10,13-16,19,22-25,28,31-35,38,40,42-46,48-49,51-55,57-58,60-67H2,1-3H3/b11-8-,12-9-,20-17-,21-18-,29-26-,30-27-,39-36-,41-37-,50-47-,59-56-. The number of esters is 3. The predicted molar refractivity (Wildman–Crippen MR) is 334 cm³/mol. The highest BCUT2D eigenvalue weighted by Crippen LogP contribution is 2.16. The largest absolute Gasteiger partial charge is 0.462 e. The number of hydrogen-bond donors (Lipinski definition) is 0. The molecule has 1 atom stereocenters. The Labute approximate surface area is 475 Å². The summed E-state index contributed by atoms with van der Waals surface area (Å²) in [4.78, 5) is 38.3. The summed E-state index contributed by atoms with van der Waals surface area (Å²) < 4.78 is 16.9. The van der Waals surface area contributed by atoms with Gasteiger partial charge in [-0.2, -0.15) is 0 Å². The minimum Gasteiger partial charge on any atom is -0.462 e. The Morgan fingerprint density at radius 1 is 0.273 bits per heavy atom. The van der Waals surface area contributed by atoms with E-state index in [1.165, 1.54) is 128 Å². The Kier molecular flexibility index (Phi) is 60.8. The van der Waals surface area contributed by atoms with Gasteiger partial charge in [-0.25, -0.2) is 0 Å². The van der Waals surface area contributed by atoms with Gasteiger partial charge in [-0.3, -0.25) is 14.4 Å². The molecule has 0 fully saturated rings. The van der Waals surface area contributed by atoms with Crippen molar-refractivity contribution in [3.63, 3.8) is 0 Å². The first-order valence-corrected chi connectivity index (χ1v) is 32.0. The van der Waals surface area contributed by atoms with Gasteiger partial charge in [0.15, 0.2) is 6.10 Å². The van der Waals surface area contributed by atoms with Crippen molar-refractivity contribution < 1.29 is 28.6 Å². The molecule has 0 aromatic carbocycles. The third-order valence-corrected chi connectivity index (χ3v) is 13.5. The number of carbonyl (C=O) groups excluding carboxylic acids is 3. The lowest BCUT2D eigenvalue weighted by molar-refractivity contribution is -0.166. The molecule has 6 nitrogen and oxygen atoms in total. The van der Waals surface area contributed by atoms with Crippen LogP contribution in [0.5, 0.6) is 0 Å². The van der Waals surface area contributed by atoms with E-state index in [1.807, 2.05) is 6.08 Å². The fourth-order valence-electron chi connectivity index (χ4n) is 8.76. The molecule has 0 heterocycles. The molecule has 0 radical (unpaired) electrons. The lowest BCUT2D eigenvalue weighted by Gasteiger charge is -2.18. The zero-order valence-corrected chi connectivity index (χ0v) is 50.2. The summed E-state index contributed by atoms with van der Waals surface area (Å²) >= 11 is 0. The minimum atomic E-state index is -0.828.